The number of amides is 1. The molecule has 2 atom stereocenters. The molecule has 0 saturated carbocycles. The van der Waals surface area contributed by atoms with Crippen molar-refractivity contribution in [3.63, 3.8) is 0 Å². The van der Waals surface area contributed by atoms with Crippen molar-refractivity contribution in [1.82, 2.24) is 9.97 Å². The molecule has 1 aliphatic rings. The van der Waals surface area contributed by atoms with E-state index in [0.717, 1.165) is 45.9 Å². The van der Waals surface area contributed by atoms with Crippen LogP contribution in [0.5, 0.6) is 0 Å². The number of piperidine rings is 1. The summed E-state index contributed by atoms with van der Waals surface area (Å²) < 4.78 is 1.05. The molecule has 1 aliphatic heterocycles. The van der Waals surface area contributed by atoms with Gasteiger partial charge in [0, 0.05) is 30.2 Å². The summed E-state index contributed by atoms with van der Waals surface area (Å²) in [4.78, 5) is 25.3. The summed E-state index contributed by atoms with van der Waals surface area (Å²) in [5.41, 5.74) is 10.2. The standard InChI is InChI=1S/C25H25N5OS/c1-16-11-18(26)15-30(14-16)22-9-10-27-13-21(22)29-25(31)19-7-8-23-20(28-19)12-24(32-23)17-5-3-2-4-6-17/h2-10,12-13,16,18H,11,14-15,26H2,1H3,(H,29,31). The lowest BCUT2D eigenvalue weighted by Gasteiger charge is -2.37. The fourth-order valence-corrected chi connectivity index (χ4v) is 5.34. The maximum Gasteiger partial charge on any atom is 0.274 e. The summed E-state index contributed by atoms with van der Waals surface area (Å²) >= 11 is 1.67. The fraction of sp³-hybridized carbons (Fsp3) is 0.240. The number of carbonyl (C=O) groups excluding carboxylic acids is 1. The maximum atomic E-state index is 13.1. The molecule has 1 aromatic carbocycles. The predicted molar refractivity (Wildman–Crippen MR) is 131 cm³/mol. The first-order chi connectivity index (χ1) is 15.6. The lowest BCUT2D eigenvalue weighted by Crippen LogP contribution is -2.46. The van der Waals surface area contributed by atoms with Crippen LogP contribution in [0.3, 0.4) is 0 Å². The van der Waals surface area contributed by atoms with E-state index in [1.54, 1.807) is 29.8 Å². The first-order valence-electron chi connectivity index (χ1n) is 10.8. The number of benzene rings is 1. The van der Waals surface area contributed by atoms with Gasteiger partial charge in [-0.25, -0.2) is 4.98 Å². The minimum atomic E-state index is -0.247. The molecule has 1 saturated heterocycles. The van der Waals surface area contributed by atoms with Crippen LogP contribution in [0.15, 0.2) is 67.0 Å². The third-order valence-electron chi connectivity index (χ3n) is 5.74. The van der Waals surface area contributed by atoms with Gasteiger partial charge in [-0.15, -0.1) is 11.3 Å². The van der Waals surface area contributed by atoms with E-state index >= 15 is 0 Å². The molecule has 1 amide bonds. The zero-order valence-corrected chi connectivity index (χ0v) is 18.7. The third kappa shape index (κ3) is 4.22. The summed E-state index contributed by atoms with van der Waals surface area (Å²) in [5, 5.41) is 3.01. The number of hydrogen-bond donors (Lipinski definition) is 2. The lowest BCUT2D eigenvalue weighted by atomic mass is 9.96. The van der Waals surface area contributed by atoms with Crippen LogP contribution < -0.4 is 16.0 Å². The molecule has 6 nitrogen and oxygen atoms in total. The molecule has 0 spiro atoms. The number of anilines is 2. The van der Waals surface area contributed by atoms with E-state index in [1.165, 1.54) is 0 Å². The van der Waals surface area contributed by atoms with E-state index in [0.29, 0.717) is 17.3 Å². The highest BCUT2D eigenvalue weighted by molar-refractivity contribution is 7.22. The molecule has 4 heterocycles. The molecule has 0 aliphatic carbocycles. The first kappa shape index (κ1) is 20.6. The minimum absolute atomic E-state index is 0.122. The number of hydrogen-bond acceptors (Lipinski definition) is 6. The summed E-state index contributed by atoms with van der Waals surface area (Å²) in [7, 11) is 0. The van der Waals surface area contributed by atoms with Crippen LogP contribution in [0.2, 0.25) is 0 Å². The Hall–Kier alpha value is -3.29. The van der Waals surface area contributed by atoms with Gasteiger partial charge in [0.25, 0.3) is 5.91 Å². The SMILES string of the molecule is CC1CC(N)CN(c2ccncc2NC(=O)c2ccc3sc(-c4ccccc4)cc3n2)C1. The monoisotopic (exact) mass is 443 g/mol. The number of pyridine rings is 2. The normalized spacial score (nSPS) is 18.6. The zero-order chi connectivity index (χ0) is 22.1. The smallest absolute Gasteiger partial charge is 0.274 e. The number of nitrogens with zero attached hydrogens (tertiary/aromatic N) is 3. The topological polar surface area (TPSA) is 84.1 Å². The molecule has 0 radical (unpaired) electrons. The van der Waals surface area contributed by atoms with Gasteiger partial charge in [-0.1, -0.05) is 37.3 Å². The molecule has 2 unspecified atom stereocenters. The van der Waals surface area contributed by atoms with E-state index in [1.807, 2.05) is 36.4 Å². The van der Waals surface area contributed by atoms with Gasteiger partial charge in [-0.2, -0.15) is 0 Å². The quantitative estimate of drug-likeness (QED) is 0.474. The molecular weight excluding hydrogens is 418 g/mol. The molecule has 1 fully saturated rings. The highest BCUT2D eigenvalue weighted by atomic mass is 32.1. The number of nitrogens with one attached hydrogen (secondary N) is 1. The van der Waals surface area contributed by atoms with Crippen molar-refractivity contribution < 1.29 is 4.79 Å². The van der Waals surface area contributed by atoms with Crippen molar-refractivity contribution in [2.45, 2.75) is 19.4 Å². The Balaban J connectivity index is 1.40. The Morgan fingerprint density at radius 2 is 2.00 bits per heavy atom. The molecule has 5 rings (SSSR count). The Labute approximate surface area is 191 Å². The Bertz CT molecular complexity index is 1250. The van der Waals surface area contributed by atoms with Gasteiger partial charge < -0.3 is 16.0 Å². The van der Waals surface area contributed by atoms with Crippen LogP contribution in [0.25, 0.3) is 20.7 Å². The summed E-state index contributed by atoms with van der Waals surface area (Å²) in [5.74, 6) is 0.250. The van der Waals surface area contributed by atoms with Crippen LogP contribution >= 0.6 is 11.3 Å². The van der Waals surface area contributed by atoms with Gasteiger partial charge >= 0.3 is 0 Å². The average molecular weight is 444 g/mol. The second-order valence-corrected chi connectivity index (χ2v) is 9.49. The van der Waals surface area contributed by atoms with Gasteiger partial charge in [0.15, 0.2) is 0 Å². The summed E-state index contributed by atoms with van der Waals surface area (Å²) in [6, 6.07) is 18.0. The van der Waals surface area contributed by atoms with Crippen molar-refractivity contribution >= 4 is 38.8 Å². The molecule has 0 bridgehead atoms. The van der Waals surface area contributed by atoms with Crippen molar-refractivity contribution in [3.05, 3.63) is 72.7 Å². The van der Waals surface area contributed by atoms with E-state index in [9.17, 15) is 4.79 Å². The molecule has 7 heteroatoms. The van der Waals surface area contributed by atoms with Gasteiger partial charge in [0.1, 0.15) is 5.69 Å². The van der Waals surface area contributed by atoms with E-state index in [4.69, 9.17) is 5.73 Å². The van der Waals surface area contributed by atoms with Crippen molar-refractivity contribution in [3.8, 4) is 10.4 Å². The Morgan fingerprint density at radius 1 is 1.16 bits per heavy atom. The number of fused-ring (bicyclic) bond motifs is 1. The highest BCUT2D eigenvalue weighted by Crippen LogP contribution is 2.33. The fourth-order valence-electron chi connectivity index (χ4n) is 4.34. The molecule has 3 N–H and O–H groups in total. The van der Waals surface area contributed by atoms with Crippen LogP contribution in [-0.2, 0) is 0 Å². The summed E-state index contributed by atoms with van der Waals surface area (Å²) in [6.45, 7) is 3.87. The number of thiophene rings is 1. The number of carbonyl (C=O) groups is 1. The van der Waals surface area contributed by atoms with Gasteiger partial charge in [0.05, 0.1) is 27.8 Å². The van der Waals surface area contributed by atoms with Gasteiger partial charge in [0.2, 0.25) is 0 Å². The van der Waals surface area contributed by atoms with Gasteiger partial charge in [-0.3, -0.25) is 9.78 Å². The number of rotatable bonds is 4. The average Bonchev–Trinajstić information content (AvgIpc) is 3.23. The molecule has 3 aromatic heterocycles. The second-order valence-electron chi connectivity index (χ2n) is 8.41. The first-order valence-corrected chi connectivity index (χ1v) is 11.6. The van der Waals surface area contributed by atoms with Crippen LogP contribution in [-0.4, -0.2) is 35.0 Å². The van der Waals surface area contributed by atoms with Crippen LogP contribution in [0.1, 0.15) is 23.8 Å². The van der Waals surface area contributed by atoms with Crippen molar-refractivity contribution in [2.24, 2.45) is 11.7 Å². The third-order valence-corrected chi connectivity index (χ3v) is 6.88. The maximum absolute atomic E-state index is 13.1. The van der Waals surface area contributed by atoms with E-state index < -0.39 is 0 Å². The molecule has 32 heavy (non-hydrogen) atoms. The zero-order valence-electron chi connectivity index (χ0n) is 17.9. The molecule has 4 aromatic rings. The van der Waals surface area contributed by atoms with Crippen LogP contribution in [0, 0.1) is 5.92 Å². The largest absolute Gasteiger partial charge is 0.368 e. The summed E-state index contributed by atoms with van der Waals surface area (Å²) in [6.07, 6.45) is 4.45. The van der Waals surface area contributed by atoms with Crippen molar-refractivity contribution in [1.29, 1.82) is 0 Å². The number of aromatic nitrogens is 2. The predicted octanol–water partition coefficient (Wildman–Crippen LogP) is 4.78. The minimum Gasteiger partial charge on any atom is -0.368 e. The lowest BCUT2D eigenvalue weighted by molar-refractivity contribution is 0.102. The van der Waals surface area contributed by atoms with Gasteiger partial charge in [-0.05, 0) is 42.2 Å². The van der Waals surface area contributed by atoms with Crippen LogP contribution in [0.4, 0.5) is 11.4 Å². The Kier molecular flexibility index (Phi) is 5.59. The molecule has 162 valence electrons. The van der Waals surface area contributed by atoms with E-state index in [2.05, 4.69) is 39.2 Å². The van der Waals surface area contributed by atoms with E-state index in [-0.39, 0.29) is 11.9 Å². The van der Waals surface area contributed by atoms with Crippen molar-refractivity contribution in [2.75, 3.05) is 23.3 Å². The highest BCUT2D eigenvalue weighted by Gasteiger charge is 2.24. The Morgan fingerprint density at radius 3 is 2.81 bits per heavy atom. The second kappa shape index (κ2) is 8.68. The number of nitrogens with two attached hydrogens (primary N) is 1. The molecular formula is C25H25N5OS.